The molecule has 1 aromatic carbocycles. The first-order valence-corrected chi connectivity index (χ1v) is 4.41. The Kier molecular flexibility index (Phi) is 3.58. The van der Waals surface area contributed by atoms with E-state index in [1.165, 1.54) is 5.56 Å². The van der Waals surface area contributed by atoms with Crippen molar-refractivity contribution in [3.8, 4) is 5.75 Å². The average molecular weight is 180 g/mol. The van der Waals surface area contributed by atoms with Gasteiger partial charge in [0, 0.05) is 6.54 Å². The second-order valence-corrected chi connectivity index (χ2v) is 2.86. The summed E-state index contributed by atoms with van der Waals surface area (Å²) in [7, 11) is 1.63. The van der Waals surface area contributed by atoms with Crippen LogP contribution in [0.1, 0.15) is 12.5 Å². The van der Waals surface area contributed by atoms with Gasteiger partial charge in [0.15, 0.2) is 0 Å². The van der Waals surface area contributed by atoms with E-state index < -0.39 is 0 Å². The summed E-state index contributed by atoms with van der Waals surface area (Å²) in [5.74, 6) is 0.746. The minimum Gasteiger partial charge on any atom is -0.495 e. The Labute approximate surface area is 78.9 Å². The summed E-state index contributed by atoms with van der Waals surface area (Å²) in [4.78, 5) is 0. The molecule has 0 amide bonds. The Morgan fingerprint density at radius 3 is 2.85 bits per heavy atom. The molecule has 13 heavy (non-hydrogen) atoms. The van der Waals surface area contributed by atoms with E-state index in [1.807, 2.05) is 18.2 Å². The first-order chi connectivity index (χ1) is 6.27. The molecule has 0 aliphatic heterocycles. The van der Waals surface area contributed by atoms with Gasteiger partial charge in [0.05, 0.1) is 12.8 Å². The van der Waals surface area contributed by atoms with E-state index in [4.69, 9.17) is 10.5 Å². The predicted octanol–water partition coefficient (Wildman–Crippen LogP) is 1.39. The molecule has 0 aromatic heterocycles. The molecule has 0 radical (unpaired) electrons. The zero-order valence-corrected chi connectivity index (χ0v) is 8.13. The summed E-state index contributed by atoms with van der Waals surface area (Å²) < 4.78 is 5.11. The number of rotatable bonds is 4. The minimum absolute atomic E-state index is 0.683. The Morgan fingerprint density at radius 2 is 2.23 bits per heavy atom. The number of hydrogen-bond donors (Lipinski definition) is 2. The van der Waals surface area contributed by atoms with Gasteiger partial charge in [-0.2, -0.15) is 0 Å². The maximum atomic E-state index is 5.68. The third kappa shape index (κ3) is 2.63. The van der Waals surface area contributed by atoms with Crippen LogP contribution in [0, 0.1) is 0 Å². The van der Waals surface area contributed by atoms with Gasteiger partial charge in [-0.25, -0.2) is 0 Å². The normalized spacial score (nSPS) is 10.0. The summed E-state index contributed by atoms with van der Waals surface area (Å²) in [6.45, 7) is 3.90. The molecule has 0 aliphatic carbocycles. The van der Waals surface area contributed by atoms with Gasteiger partial charge in [0.25, 0.3) is 0 Å². The number of nitrogens with one attached hydrogen (secondary N) is 1. The maximum absolute atomic E-state index is 5.68. The minimum atomic E-state index is 0.683. The molecule has 0 unspecified atom stereocenters. The molecule has 0 spiro atoms. The Balaban J connectivity index is 2.74. The maximum Gasteiger partial charge on any atom is 0.142 e. The van der Waals surface area contributed by atoms with Crippen LogP contribution < -0.4 is 15.8 Å². The van der Waals surface area contributed by atoms with E-state index in [9.17, 15) is 0 Å². The fourth-order valence-electron chi connectivity index (χ4n) is 1.13. The number of nitrogen functional groups attached to an aromatic ring is 1. The molecule has 72 valence electrons. The molecule has 3 N–H and O–H groups in total. The van der Waals surface area contributed by atoms with Crippen LogP contribution in [0.25, 0.3) is 0 Å². The Morgan fingerprint density at radius 1 is 1.46 bits per heavy atom. The number of methoxy groups -OCH3 is 1. The molecular weight excluding hydrogens is 164 g/mol. The molecular formula is C10H16N2O. The lowest BCUT2D eigenvalue weighted by atomic mass is 10.2. The molecule has 3 nitrogen and oxygen atoms in total. The summed E-state index contributed by atoms with van der Waals surface area (Å²) in [5, 5.41) is 3.24. The van der Waals surface area contributed by atoms with Gasteiger partial charge in [-0.1, -0.05) is 13.0 Å². The standard InChI is InChI=1S/C10H16N2O/c1-3-12-7-8-4-5-9(11)10(6-8)13-2/h4-6,12H,3,7,11H2,1-2H3. The first-order valence-electron chi connectivity index (χ1n) is 4.41. The molecule has 0 fully saturated rings. The zero-order chi connectivity index (χ0) is 9.68. The molecule has 1 rings (SSSR count). The van der Waals surface area contributed by atoms with Crippen LogP contribution in [0.2, 0.25) is 0 Å². The molecule has 0 aliphatic rings. The fraction of sp³-hybridized carbons (Fsp3) is 0.400. The number of benzene rings is 1. The highest BCUT2D eigenvalue weighted by Crippen LogP contribution is 2.21. The van der Waals surface area contributed by atoms with Gasteiger partial charge >= 0.3 is 0 Å². The van der Waals surface area contributed by atoms with Crippen molar-refractivity contribution in [2.24, 2.45) is 0 Å². The van der Waals surface area contributed by atoms with Crippen molar-refractivity contribution in [3.05, 3.63) is 23.8 Å². The first kappa shape index (κ1) is 9.86. The van der Waals surface area contributed by atoms with Crippen LogP contribution in [0.15, 0.2) is 18.2 Å². The number of anilines is 1. The van der Waals surface area contributed by atoms with E-state index in [-0.39, 0.29) is 0 Å². The number of nitrogens with two attached hydrogens (primary N) is 1. The molecule has 0 saturated carbocycles. The van der Waals surface area contributed by atoms with E-state index in [1.54, 1.807) is 7.11 Å². The SMILES string of the molecule is CCNCc1ccc(N)c(OC)c1. The molecule has 0 bridgehead atoms. The third-order valence-electron chi connectivity index (χ3n) is 1.88. The van der Waals surface area contributed by atoms with E-state index >= 15 is 0 Å². The van der Waals surface area contributed by atoms with Crippen LogP contribution in [0.4, 0.5) is 5.69 Å². The van der Waals surface area contributed by atoms with E-state index in [2.05, 4.69) is 12.2 Å². The lowest BCUT2D eigenvalue weighted by Gasteiger charge is -2.07. The van der Waals surface area contributed by atoms with Crippen molar-refractivity contribution in [2.75, 3.05) is 19.4 Å². The quantitative estimate of drug-likeness (QED) is 0.688. The second-order valence-electron chi connectivity index (χ2n) is 2.86. The summed E-state index contributed by atoms with van der Waals surface area (Å²) in [6.07, 6.45) is 0. The lowest BCUT2D eigenvalue weighted by Crippen LogP contribution is -2.11. The Bertz CT molecular complexity index is 274. The molecule has 0 saturated heterocycles. The fourth-order valence-corrected chi connectivity index (χ4v) is 1.13. The second kappa shape index (κ2) is 4.72. The van der Waals surface area contributed by atoms with Crippen molar-refractivity contribution in [1.82, 2.24) is 5.32 Å². The number of hydrogen-bond acceptors (Lipinski definition) is 3. The van der Waals surface area contributed by atoms with Crippen molar-refractivity contribution in [1.29, 1.82) is 0 Å². The molecule has 0 heterocycles. The van der Waals surface area contributed by atoms with Crippen LogP contribution in [-0.4, -0.2) is 13.7 Å². The lowest BCUT2D eigenvalue weighted by molar-refractivity contribution is 0.416. The highest BCUT2D eigenvalue weighted by atomic mass is 16.5. The summed E-state index contributed by atoms with van der Waals surface area (Å²) in [6, 6.07) is 5.82. The zero-order valence-electron chi connectivity index (χ0n) is 8.13. The van der Waals surface area contributed by atoms with Gasteiger partial charge in [0.2, 0.25) is 0 Å². The van der Waals surface area contributed by atoms with E-state index in [0.29, 0.717) is 5.69 Å². The summed E-state index contributed by atoms with van der Waals surface area (Å²) >= 11 is 0. The largest absolute Gasteiger partial charge is 0.495 e. The van der Waals surface area contributed by atoms with Gasteiger partial charge in [0.1, 0.15) is 5.75 Å². The van der Waals surface area contributed by atoms with Crippen molar-refractivity contribution in [2.45, 2.75) is 13.5 Å². The molecule has 1 aromatic rings. The van der Waals surface area contributed by atoms with Crippen LogP contribution in [0.5, 0.6) is 5.75 Å². The van der Waals surface area contributed by atoms with E-state index in [0.717, 1.165) is 18.8 Å². The van der Waals surface area contributed by atoms with Crippen LogP contribution in [0.3, 0.4) is 0 Å². The highest BCUT2D eigenvalue weighted by Gasteiger charge is 1.99. The van der Waals surface area contributed by atoms with Crippen LogP contribution in [-0.2, 0) is 6.54 Å². The molecule has 0 atom stereocenters. The summed E-state index contributed by atoms with van der Waals surface area (Å²) in [5.41, 5.74) is 7.55. The number of ether oxygens (including phenoxy) is 1. The predicted molar refractivity (Wildman–Crippen MR) is 54.8 cm³/mol. The average Bonchev–Trinajstić information content (AvgIpc) is 2.16. The van der Waals surface area contributed by atoms with Crippen molar-refractivity contribution in [3.63, 3.8) is 0 Å². The topological polar surface area (TPSA) is 47.3 Å². The highest BCUT2D eigenvalue weighted by molar-refractivity contribution is 5.53. The van der Waals surface area contributed by atoms with Crippen LogP contribution >= 0.6 is 0 Å². The van der Waals surface area contributed by atoms with Gasteiger partial charge in [-0.3, -0.25) is 0 Å². The van der Waals surface area contributed by atoms with Crippen molar-refractivity contribution < 1.29 is 4.74 Å². The molecule has 3 heteroatoms. The van der Waals surface area contributed by atoms with Gasteiger partial charge in [-0.15, -0.1) is 0 Å². The monoisotopic (exact) mass is 180 g/mol. The van der Waals surface area contributed by atoms with Gasteiger partial charge < -0.3 is 15.8 Å². The third-order valence-corrected chi connectivity index (χ3v) is 1.88. The smallest absolute Gasteiger partial charge is 0.142 e. The van der Waals surface area contributed by atoms with Crippen molar-refractivity contribution >= 4 is 5.69 Å². The Hall–Kier alpha value is -1.22. The van der Waals surface area contributed by atoms with Gasteiger partial charge in [-0.05, 0) is 24.2 Å².